The fourth-order valence-corrected chi connectivity index (χ4v) is 4.59. The van der Waals surface area contributed by atoms with Crippen LogP contribution in [0.5, 0.6) is 0 Å². The fourth-order valence-electron chi connectivity index (χ4n) is 4.59. The zero-order valence-electron chi connectivity index (χ0n) is 21.9. The summed E-state index contributed by atoms with van der Waals surface area (Å²) >= 11 is 0. The summed E-state index contributed by atoms with van der Waals surface area (Å²) in [7, 11) is 0. The topological polar surface area (TPSA) is 43.4 Å². The number of carbonyl (C=O) groups excluding carboxylic acids is 2. The normalized spacial score (nSPS) is 18.7. The van der Waals surface area contributed by atoms with Gasteiger partial charge in [-0.15, -0.1) is 0 Å². The third-order valence-corrected chi connectivity index (χ3v) is 6.80. The molecule has 0 amide bonds. The number of hydrogen-bond donors (Lipinski definition) is 0. The molecule has 3 heteroatoms. The van der Waals surface area contributed by atoms with Gasteiger partial charge < -0.3 is 4.74 Å². The molecule has 1 atom stereocenters. The quantitative estimate of drug-likeness (QED) is 0.0699. The predicted molar refractivity (Wildman–Crippen MR) is 140 cm³/mol. The Kier molecular flexibility index (Phi) is 18.0. The molecule has 1 unspecified atom stereocenters. The number of ether oxygens (including phenoxy) is 1. The largest absolute Gasteiger partial charge is 0.392 e. The second-order valence-electron chi connectivity index (χ2n) is 10.0. The Hall–Kier alpha value is -1.38. The maximum absolute atomic E-state index is 12.4. The van der Waals surface area contributed by atoms with E-state index in [0.717, 1.165) is 25.7 Å². The minimum absolute atomic E-state index is 0.147. The van der Waals surface area contributed by atoms with Gasteiger partial charge in [0, 0.05) is 0 Å². The summed E-state index contributed by atoms with van der Waals surface area (Å²) in [4.78, 5) is 24.1. The van der Waals surface area contributed by atoms with Crippen molar-refractivity contribution in [2.24, 2.45) is 5.41 Å². The van der Waals surface area contributed by atoms with Crippen LogP contribution < -0.4 is 0 Å². The molecule has 0 aliphatic carbocycles. The summed E-state index contributed by atoms with van der Waals surface area (Å²) in [6, 6.07) is 0. The Morgan fingerprint density at radius 2 is 0.970 bits per heavy atom. The summed E-state index contributed by atoms with van der Waals surface area (Å²) in [5.74, 6) is -0.806. The molecule has 0 saturated carbocycles. The zero-order chi connectivity index (χ0) is 24.0. The van der Waals surface area contributed by atoms with Crippen LogP contribution in [0, 0.1) is 5.41 Å². The van der Waals surface area contributed by atoms with Gasteiger partial charge in [-0.1, -0.05) is 141 Å². The molecule has 3 nitrogen and oxygen atoms in total. The summed E-state index contributed by atoms with van der Waals surface area (Å²) in [6.45, 7) is 4.51. The van der Waals surface area contributed by atoms with E-state index in [-0.39, 0.29) is 6.42 Å². The molecule has 0 aromatic carbocycles. The first-order chi connectivity index (χ1) is 16.1. The zero-order valence-corrected chi connectivity index (χ0v) is 21.9. The van der Waals surface area contributed by atoms with E-state index in [9.17, 15) is 9.59 Å². The van der Waals surface area contributed by atoms with Crippen molar-refractivity contribution in [1.82, 2.24) is 0 Å². The summed E-state index contributed by atoms with van der Waals surface area (Å²) in [5, 5.41) is 0. The van der Waals surface area contributed by atoms with Gasteiger partial charge in [0.05, 0.1) is 6.42 Å². The van der Waals surface area contributed by atoms with Gasteiger partial charge in [0.2, 0.25) is 0 Å². The molecule has 1 aliphatic rings. The summed E-state index contributed by atoms with van der Waals surface area (Å²) < 4.78 is 4.90. The minimum atomic E-state index is -0.865. The first-order valence-corrected chi connectivity index (χ1v) is 14.2. The van der Waals surface area contributed by atoms with E-state index in [0.29, 0.717) is 0 Å². The number of cyclic esters (lactones) is 2. The van der Waals surface area contributed by atoms with Crippen molar-refractivity contribution >= 4 is 11.9 Å². The highest BCUT2D eigenvalue weighted by molar-refractivity contribution is 6.00. The molecule has 1 saturated heterocycles. The lowest BCUT2D eigenvalue weighted by atomic mass is 9.84. The lowest BCUT2D eigenvalue weighted by Crippen LogP contribution is -2.21. The highest BCUT2D eigenvalue weighted by Crippen LogP contribution is 2.35. The van der Waals surface area contributed by atoms with Crippen LogP contribution in [0.25, 0.3) is 0 Å². The average Bonchev–Trinajstić information content (AvgIpc) is 3.08. The fraction of sp³-hybridized carbons (Fsp3) is 0.800. The molecule has 0 radical (unpaired) electrons. The highest BCUT2D eigenvalue weighted by Gasteiger charge is 2.45. The maximum Gasteiger partial charge on any atom is 0.328 e. The Bertz CT molecular complexity index is 563. The first kappa shape index (κ1) is 29.7. The van der Waals surface area contributed by atoms with Gasteiger partial charge in [-0.3, -0.25) is 9.59 Å². The van der Waals surface area contributed by atoms with E-state index in [1.165, 1.54) is 103 Å². The van der Waals surface area contributed by atoms with Gasteiger partial charge in [-0.05, 0) is 25.7 Å². The Morgan fingerprint density at radius 3 is 1.30 bits per heavy atom. The molecular weight excluding hydrogens is 408 g/mol. The molecule has 1 heterocycles. The van der Waals surface area contributed by atoms with Crippen LogP contribution in [0.4, 0.5) is 0 Å². The van der Waals surface area contributed by atoms with Crippen LogP contribution in [-0.2, 0) is 14.3 Å². The minimum Gasteiger partial charge on any atom is -0.392 e. The van der Waals surface area contributed by atoms with Gasteiger partial charge in [0.15, 0.2) is 0 Å². The molecule has 1 rings (SSSR count). The molecular formula is C30H52O3. The third kappa shape index (κ3) is 14.5. The van der Waals surface area contributed by atoms with Crippen molar-refractivity contribution in [3.63, 3.8) is 0 Å². The molecule has 0 N–H and O–H groups in total. The number of rotatable bonds is 22. The standard InChI is InChI=1S/C30H52O3/c1-3-5-7-9-11-13-15-16-18-20-22-24-26-30(27-28(31)33-29(30)32)25-23-21-19-17-14-12-10-8-6-4-2/h23-26H,3-22,27H2,1-2H3. The first-order valence-electron chi connectivity index (χ1n) is 14.2. The van der Waals surface area contributed by atoms with E-state index in [1.54, 1.807) is 0 Å². The lowest BCUT2D eigenvalue weighted by Gasteiger charge is -2.14. The van der Waals surface area contributed by atoms with Gasteiger partial charge in [0.25, 0.3) is 0 Å². The number of hydrogen-bond acceptors (Lipinski definition) is 3. The monoisotopic (exact) mass is 460 g/mol. The van der Waals surface area contributed by atoms with Crippen LogP contribution in [0.2, 0.25) is 0 Å². The van der Waals surface area contributed by atoms with Crippen molar-refractivity contribution < 1.29 is 14.3 Å². The summed E-state index contributed by atoms with van der Waals surface area (Å²) in [6.07, 6.45) is 33.7. The molecule has 33 heavy (non-hydrogen) atoms. The van der Waals surface area contributed by atoms with Crippen LogP contribution in [-0.4, -0.2) is 11.9 Å². The number of unbranched alkanes of at least 4 members (excludes halogenated alkanes) is 18. The lowest BCUT2D eigenvalue weighted by molar-refractivity contribution is -0.153. The highest BCUT2D eigenvalue weighted by atomic mass is 16.6. The second-order valence-corrected chi connectivity index (χ2v) is 10.0. The van der Waals surface area contributed by atoms with Crippen LogP contribution in [0.15, 0.2) is 24.3 Å². The molecule has 1 aliphatic heterocycles. The van der Waals surface area contributed by atoms with Crippen molar-refractivity contribution in [3.05, 3.63) is 24.3 Å². The van der Waals surface area contributed by atoms with Gasteiger partial charge in [-0.2, -0.15) is 0 Å². The Labute approximate surface area is 204 Å². The molecule has 190 valence electrons. The van der Waals surface area contributed by atoms with Gasteiger partial charge >= 0.3 is 11.9 Å². The number of allylic oxidation sites excluding steroid dienone is 2. The number of esters is 2. The van der Waals surface area contributed by atoms with Crippen LogP contribution >= 0.6 is 0 Å². The van der Waals surface area contributed by atoms with E-state index in [2.05, 4.69) is 26.0 Å². The Balaban J connectivity index is 2.23. The Morgan fingerprint density at radius 1 is 0.606 bits per heavy atom. The molecule has 0 spiro atoms. The van der Waals surface area contributed by atoms with Crippen molar-refractivity contribution in [2.45, 2.75) is 149 Å². The van der Waals surface area contributed by atoms with Crippen molar-refractivity contribution in [1.29, 1.82) is 0 Å². The predicted octanol–water partition coefficient (Wildman–Crippen LogP) is 9.40. The molecule has 1 fully saturated rings. The van der Waals surface area contributed by atoms with Gasteiger partial charge in [0.1, 0.15) is 5.41 Å². The number of carbonyl (C=O) groups is 2. The van der Waals surface area contributed by atoms with Crippen molar-refractivity contribution in [2.75, 3.05) is 0 Å². The van der Waals surface area contributed by atoms with E-state index < -0.39 is 17.4 Å². The van der Waals surface area contributed by atoms with E-state index in [1.807, 2.05) is 12.2 Å². The maximum atomic E-state index is 12.4. The second kappa shape index (κ2) is 20.0. The van der Waals surface area contributed by atoms with Crippen LogP contribution in [0.3, 0.4) is 0 Å². The van der Waals surface area contributed by atoms with Crippen molar-refractivity contribution in [3.8, 4) is 0 Å². The molecule has 0 aromatic rings. The van der Waals surface area contributed by atoms with Gasteiger partial charge in [-0.25, -0.2) is 0 Å². The average molecular weight is 461 g/mol. The summed E-state index contributed by atoms with van der Waals surface area (Å²) in [5.41, 5.74) is -0.865. The van der Waals surface area contributed by atoms with Crippen LogP contribution in [0.1, 0.15) is 149 Å². The third-order valence-electron chi connectivity index (χ3n) is 6.80. The SMILES string of the molecule is CCCCCCCCCCC=CC1(C=CCCCCCCCCCCCC)CC(=O)OC1=O. The molecule has 0 bridgehead atoms. The van der Waals surface area contributed by atoms with E-state index in [4.69, 9.17) is 4.74 Å². The molecule has 0 aromatic heterocycles. The smallest absolute Gasteiger partial charge is 0.328 e. The van der Waals surface area contributed by atoms with E-state index >= 15 is 0 Å².